The maximum absolute atomic E-state index is 6.05. The molecule has 1 aromatic heterocycles. The zero-order valence-electron chi connectivity index (χ0n) is 9.23. The van der Waals surface area contributed by atoms with Gasteiger partial charge in [0.15, 0.2) is 5.82 Å². The minimum absolute atomic E-state index is 0.667. The molecule has 0 aliphatic carbocycles. The Kier molecular flexibility index (Phi) is 3.05. The standard InChI is InChI=1S/C11H17N3S/c1-8-3-4-13-11(10(8)12)14-5-6-15-9(2)7-14/h3-4,9H,5-7,12H2,1-2H3. The van der Waals surface area contributed by atoms with Gasteiger partial charge in [0.25, 0.3) is 0 Å². The van der Waals surface area contributed by atoms with Crippen molar-refractivity contribution in [3.63, 3.8) is 0 Å². The van der Waals surface area contributed by atoms with Crippen LogP contribution in [0.2, 0.25) is 0 Å². The molecule has 0 saturated carbocycles. The summed E-state index contributed by atoms with van der Waals surface area (Å²) < 4.78 is 0. The summed E-state index contributed by atoms with van der Waals surface area (Å²) in [6, 6.07) is 1.96. The fraction of sp³-hybridized carbons (Fsp3) is 0.545. The molecule has 1 aliphatic rings. The van der Waals surface area contributed by atoms with E-state index in [-0.39, 0.29) is 0 Å². The van der Waals surface area contributed by atoms with Crippen molar-refractivity contribution in [3.8, 4) is 0 Å². The van der Waals surface area contributed by atoms with Crippen LogP contribution in [-0.4, -0.2) is 29.1 Å². The molecule has 0 aromatic carbocycles. The van der Waals surface area contributed by atoms with Gasteiger partial charge in [0.2, 0.25) is 0 Å². The summed E-state index contributed by atoms with van der Waals surface area (Å²) in [5, 5.41) is 0.667. The Morgan fingerprint density at radius 3 is 3.13 bits per heavy atom. The van der Waals surface area contributed by atoms with Crippen molar-refractivity contribution in [1.29, 1.82) is 0 Å². The molecule has 0 bridgehead atoms. The summed E-state index contributed by atoms with van der Waals surface area (Å²) in [6.45, 7) is 6.38. The second-order valence-corrected chi connectivity index (χ2v) is 5.54. The monoisotopic (exact) mass is 223 g/mol. The zero-order chi connectivity index (χ0) is 10.8. The molecule has 82 valence electrons. The smallest absolute Gasteiger partial charge is 0.152 e. The van der Waals surface area contributed by atoms with Gasteiger partial charge in [-0.05, 0) is 18.6 Å². The van der Waals surface area contributed by atoms with Crippen LogP contribution in [0.1, 0.15) is 12.5 Å². The van der Waals surface area contributed by atoms with E-state index in [9.17, 15) is 0 Å². The highest BCUT2D eigenvalue weighted by molar-refractivity contribution is 8.00. The van der Waals surface area contributed by atoms with Gasteiger partial charge in [0.05, 0.1) is 5.69 Å². The first-order chi connectivity index (χ1) is 7.18. The van der Waals surface area contributed by atoms with Crippen LogP contribution in [0.4, 0.5) is 11.5 Å². The molecule has 2 rings (SSSR count). The van der Waals surface area contributed by atoms with Crippen molar-refractivity contribution in [2.24, 2.45) is 0 Å². The second kappa shape index (κ2) is 4.31. The first-order valence-corrected chi connectivity index (χ1v) is 6.31. The Balaban J connectivity index is 2.24. The number of aryl methyl sites for hydroxylation is 1. The minimum Gasteiger partial charge on any atom is -0.396 e. The second-order valence-electron chi connectivity index (χ2n) is 3.99. The highest BCUT2D eigenvalue weighted by Crippen LogP contribution is 2.27. The number of hydrogen-bond donors (Lipinski definition) is 1. The van der Waals surface area contributed by atoms with Crippen LogP contribution in [0, 0.1) is 6.92 Å². The zero-order valence-corrected chi connectivity index (χ0v) is 10.0. The number of rotatable bonds is 1. The summed E-state index contributed by atoms with van der Waals surface area (Å²) in [6.07, 6.45) is 1.84. The third-order valence-electron chi connectivity index (χ3n) is 2.73. The molecule has 0 radical (unpaired) electrons. The maximum Gasteiger partial charge on any atom is 0.152 e. The largest absolute Gasteiger partial charge is 0.396 e. The van der Waals surface area contributed by atoms with E-state index >= 15 is 0 Å². The molecule has 0 amide bonds. The minimum atomic E-state index is 0.667. The van der Waals surface area contributed by atoms with E-state index in [0.717, 1.165) is 35.9 Å². The topological polar surface area (TPSA) is 42.2 Å². The van der Waals surface area contributed by atoms with Crippen LogP contribution in [-0.2, 0) is 0 Å². The Morgan fingerprint density at radius 2 is 2.40 bits per heavy atom. The van der Waals surface area contributed by atoms with Gasteiger partial charge in [0, 0.05) is 30.3 Å². The normalized spacial score (nSPS) is 21.7. The van der Waals surface area contributed by atoms with Crippen LogP contribution in [0.25, 0.3) is 0 Å². The van der Waals surface area contributed by atoms with Crippen molar-refractivity contribution in [2.75, 3.05) is 29.5 Å². The highest BCUT2D eigenvalue weighted by Gasteiger charge is 2.19. The number of hydrogen-bond acceptors (Lipinski definition) is 4. The van der Waals surface area contributed by atoms with Gasteiger partial charge in [-0.3, -0.25) is 0 Å². The van der Waals surface area contributed by atoms with E-state index in [1.807, 2.05) is 30.9 Å². The lowest BCUT2D eigenvalue weighted by Gasteiger charge is -2.32. The number of thioether (sulfide) groups is 1. The summed E-state index contributed by atoms with van der Waals surface area (Å²) in [4.78, 5) is 6.68. The van der Waals surface area contributed by atoms with Crippen molar-refractivity contribution in [1.82, 2.24) is 4.98 Å². The Hall–Kier alpha value is -0.900. The summed E-state index contributed by atoms with van der Waals surface area (Å²) >= 11 is 2.02. The van der Waals surface area contributed by atoms with E-state index in [0.29, 0.717) is 5.25 Å². The van der Waals surface area contributed by atoms with Gasteiger partial charge < -0.3 is 10.6 Å². The lowest BCUT2D eigenvalue weighted by molar-refractivity contribution is 0.771. The van der Waals surface area contributed by atoms with E-state index in [2.05, 4.69) is 16.8 Å². The van der Waals surface area contributed by atoms with Crippen LogP contribution in [0.5, 0.6) is 0 Å². The summed E-state index contributed by atoms with van der Waals surface area (Å²) in [7, 11) is 0. The first kappa shape index (κ1) is 10.6. The van der Waals surface area contributed by atoms with Crippen molar-refractivity contribution in [2.45, 2.75) is 19.1 Å². The quantitative estimate of drug-likeness (QED) is 0.790. The Morgan fingerprint density at radius 1 is 1.60 bits per heavy atom. The molecule has 2 N–H and O–H groups in total. The molecular formula is C11H17N3S. The summed E-state index contributed by atoms with van der Waals surface area (Å²) in [5.74, 6) is 2.12. The number of pyridine rings is 1. The molecule has 3 nitrogen and oxygen atoms in total. The number of aromatic nitrogens is 1. The summed E-state index contributed by atoms with van der Waals surface area (Å²) in [5.41, 5.74) is 7.99. The Labute approximate surface area is 95.1 Å². The molecule has 1 aliphatic heterocycles. The van der Waals surface area contributed by atoms with Crippen LogP contribution in [0.15, 0.2) is 12.3 Å². The van der Waals surface area contributed by atoms with E-state index < -0.39 is 0 Å². The van der Waals surface area contributed by atoms with Crippen LogP contribution >= 0.6 is 11.8 Å². The number of nitrogens with zero attached hydrogens (tertiary/aromatic N) is 2. The average molecular weight is 223 g/mol. The predicted molar refractivity (Wildman–Crippen MR) is 67.5 cm³/mol. The molecule has 1 atom stereocenters. The van der Waals surface area contributed by atoms with Crippen molar-refractivity contribution < 1.29 is 0 Å². The van der Waals surface area contributed by atoms with E-state index in [1.165, 1.54) is 0 Å². The van der Waals surface area contributed by atoms with E-state index in [4.69, 9.17) is 5.73 Å². The average Bonchev–Trinajstić information content (AvgIpc) is 2.22. The SMILES string of the molecule is Cc1ccnc(N2CCSC(C)C2)c1N. The third-order valence-corrected chi connectivity index (χ3v) is 3.86. The molecule has 15 heavy (non-hydrogen) atoms. The molecule has 1 unspecified atom stereocenters. The van der Waals surface area contributed by atoms with Gasteiger partial charge in [-0.2, -0.15) is 11.8 Å². The van der Waals surface area contributed by atoms with Gasteiger partial charge >= 0.3 is 0 Å². The molecule has 1 aromatic rings. The lowest BCUT2D eigenvalue weighted by Crippen LogP contribution is -2.37. The fourth-order valence-electron chi connectivity index (χ4n) is 1.82. The van der Waals surface area contributed by atoms with Gasteiger partial charge in [-0.15, -0.1) is 0 Å². The molecule has 4 heteroatoms. The fourth-order valence-corrected chi connectivity index (χ4v) is 2.83. The number of nitrogens with two attached hydrogens (primary N) is 1. The van der Waals surface area contributed by atoms with Crippen molar-refractivity contribution in [3.05, 3.63) is 17.8 Å². The third kappa shape index (κ3) is 2.20. The van der Waals surface area contributed by atoms with Crippen molar-refractivity contribution >= 4 is 23.3 Å². The number of anilines is 2. The van der Waals surface area contributed by atoms with Crippen LogP contribution in [0.3, 0.4) is 0 Å². The predicted octanol–water partition coefficient (Wildman–Crippen LogP) is 1.91. The Bertz CT molecular complexity index is 354. The van der Waals surface area contributed by atoms with Gasteiger partial charge in [-0.1, -0.05) is 6.92 Å². The molecule has 1 saturated heterocycles. The molecular weight excluding hydrogens is 206 g/mol. The van der Waals surface area contributed by atoms with Gasteiger partial charge in [0.1, 0.15) is 0 Å². The van der Waals surface area contributed by atoms with E-state index in [1.54, 1.807) is 0 Å². The molecule has 1 fully saturated rings. The number of nitrogen functional groups attached to an aromatic ring is 1. The van der Waals surface area contributed by atoms with Gasteiger partial charge in [-0.25, -0.2) is 4.98 Å². The molecule has 2 heterocycles. The lowest BCUT2D eigenvalue weighted by atomic mass is 10.2. The first-order valence-electron chi connectivity index (χ1n) is 5.26. The highest BCUT2D eigenvalue weighted by atomic mass is 32.2. The maximum atomic E-state index is 6.05. The van der Waals surface area contributed by atoms with Crippen LogP contribution < -0.4 is 10.6 Å². The molecule has 0 spiro atoms.